The van der Waals surface area contributed by atoms with Crippen LogP contribution in [-0.4, -0.2) is 39.1 Å². The van der Waals surface area contributed by atoms with Crippen LogP contribution >= 0.6 is 11.8 Å². The van der Waals surface area contributed by atoms with Crippen molar-refractivity contribution in [2.24, 2.45) is 0 Å². The van der Waals surface area contributed by atoms with Crippen LogP contribution in [0.15, 0.2) is 11.2 Å². The molecular formula is C14H22N4OS. The van der Waals surface area contributed by atoms with E-state index in [9.17, 15) is 4.79 Å². The zero-order chi connectivity index (χ0) is 14.5. The molecule has 0 spiro atoms. The summed E-state index contributed by atoms with van der Waals surface area (Å²) < 4.78 is 0. The number of likely N-dealkylation sites (tertiary alicyclic amines) is 1. The summed E-state index contributed by atoms with van der Waals surface area (Å²) in [5.74, 6) is 0.634. The molecular weight excluding hydrogens is 272 g/mol. The number of hydrogen-bond acceptors (Lipinski definition) is 5. The second-order valence-corrected chi connectivity index (χ2v) is 6.52. The number of anilines is 1. The number of carbonyl (C=O) groups excluding carboxylic acids is 1. The Morgan fingerprint density at radius 3 is 2.55 bits per heavy atom. The van der Waals surface area contributed by atoms with Crippen LogP contribution in [0.3, 0.4) is 0 Å². The highest BCUT2D eigenvalue weighted by Crippen LogP contribution is 2.23. The van der Waals surface area contributed by atoms with Gasteiger partial charge in [0.05, 0.1) is 5.25 Å². The van der Waals surface area contributed by atoms with Crippen molar-refractivity contribution in [1.29, 1.82) is 0 Å². The number of thioether (sulfide) groups is 1. The second kappa shape index (κ2) is 6.92. The van der Waals surface area contributed by atoms with Gasteiger partial charge in [-0.15, -0.1) is 0 Å². The van der Waals surface area contributed by atoms with Gasteiger partial charge in [-0.2, -0.15) is 0 Å². The van der Waals surface area contributed by atoms with Gasteiger partial charge in [0.15, 0.2) is 5.16 Å². The molecule has 110 valence electrons. The maximum atomic E-state index is 12.4. The van der Waals surface area contributed by atoms with Gasteiger partial charge in [-0.25, -0.2) is 9.97 Å². The summed E-state index contributed by atoms with van der Waals surface area (Å²) in [4.78, 5) is 22.9. The molecule has 0 aliphatic carbocycles. The molecule has 0 aromatic carbocycles. The molecule has 1 saturated heterocycles. The first-order valence-corrected chi connectivity index (χ1v) is 8.01. The highest BCUT2D eigenvalue weighted by atomic mass is 32.2. The summed E-state index contributed by atoms with van der Waals surface area (Å²) in [6.45, 7) is 5.55. The van der Waals surface area contributed by atoms with E-state index in [0.29, 0.717) is 11.0 Å². The largest absolute Gasteiger partial charge is 0.384 e. The minimum atomic E-state index is -0.172. The number of amides is 1. The zero-order valence-corrected chi connectivity index (χ0v) is 12.9. The number of nitrogen functional groups attached to an aromatic ring is 1. The van der Waals surface area contributed by atoms with Gasteiger partial charge in [-0.3, -0.25) is 4.79 Å². The summed E-state index contributed by atoms with van der Waals surface area (Å²) in [7, 11) is 0. The number of aromatic nitrogens is 2. The van der Waals surface area contributed by atoms with E-state index < -0.39 is 0 Å². The van der Waals surface area contributed by atoms with Crippen LogP contribution in [0.25, 0.3) is 0 Å². The average molecular weight is 294 g/mol. The third-order valence-electron chi connectivity index (χ3n) is 3.40. The van der Waals surface area contributed by atoms with E-state index in [1.165, 1.54) is 24.6 Å². The Kier molecular flexibility index (Phi) is 5.23. The van der Waals surface area contributed by atoms with Crippen LogP contribution in [0, 0.1) is 6.92 Å². The van der Waals surface area contributed by atoms with Gasteiger partial charge in [0.1, 0.15) is 5.82 Å². The maximum absolute atomic E-state index is 12.4. The Hall–Kier alpha value is -1.30. The fraction of sp³-hybridized carbons (Fsp3) is 0.643. The second-order valence-electron chi connectivity index (χ2n) is 5.22. The van der Waals surface area contributed by atoms with Crippen LogP contribution in [-0.2, 0) is 4.79 Å². The molecule has 0 bridgehead atoms. The summed E-state index contributed by atoms with van der Waals surface area (Å²) in [6, 6.07) is 1.73. The van der Waals surface area contributed by atoms with Crippen LogP contribution < -0.4 is 5.73 Å². The van der Waals surface area contributed by atoms with Crippen molar-refractivity contribution < 1.29 is 4.79 Å². The fourth-order valence-electron chi connectivity index (χ4n) is 2.37. The third kappa shape index (κ3) is 4.10. The molecule has 5 nitrogen and oxygen atoms in total. The summed E-state index contributed by atoms with van der Waals surface area (Å²) in [5.41, 5.74) is 6.54. The van der Waals surface area contributed by atoms with Crippen molar-refractivity contribution >= 4 is 23.5 Å². The van der Waals surface area contributed by atoms with Crippen LogP contribution in [0.5, 0.6) is 0 Å². The quantitative estimate of drug-likeness (QED) is 0.684. The highest BCUT2D eigenvalue weighted by molar-refractivity contribution is 8.00. The van der Waals surface area contributed by atoms with Crippen molar-refractivity contribution in [3.63, 3.8) is 0 Å². The molecule has 0 saturated carbocycles. The minimum absolute atomic E-state index is 0.172. The first-order chi connectivity index (χ1) is 9.56. The SMILES string of the molecule is Cc1cc(N)nc(SC(C)C(=O)N2CCCCCC2)n1. The first-order valence-electron chi connectivity index (χ1n) is 7.13. The Labute approximate surface area is 124 Å². The van der Waals surface area contributed by atoms with Crippen molar-refractivity contribution in [1.82, 2.24) is 14.9 Å². The number of aryl methyl sites for hydroxylation is 1. The molecule has 1 aromatic heterocycles. The van der Waals surface area contributed by atoms with Crippen molar-refractivity contribution in [2.75, 3.05) is 18.8 Å². The molecule has 2 N–H and O–H groups in total. The smallest absolute Gasteiger partial charge is 0.235 e. The maximum Gasteiger partial charge on any atom is 0.235 e. The van der Waals surface area contributed by atoms with E-state index in [-0.39, 0.29) is 11.2 Å². The normalized spacial score (nSPS) is 17.6. The predicted molar refractivity (Wildman–Crippen MR) is 81.5 cm³/mol. The predicted octanol–water partition coefficient (Wildman–Crippen LogP) is 2.25. The number of hydrogen-bond donors (Lipinski definition) is 1. The average Bonchev–Trinajstić information content (AvgIpc) is 2.65. The van der Waals surface area contributed by atoms with Gasteiger partial charge in [0.2, 0.25) is 5.91 Å². The molecule has 1 aliphatic rings. The standard InChI is InChI=1S/C14H22N4OS/c1-10-9-12(15)17-14(16-10)20-11(2)13(19)18-7-5-3-4-6-8-18/h9,11H,3-8H2,1-2H3,(H2,15,16,17). The lowest BCUT2D eigenvalue weighted by molar-refractivity contribution is -0.130. The van der Waals surface area contributed by atoms with Crippen molar-refractivity contribution in [2.45, 2.75) is 49.9 Å². The Morgan fingerprint density at radius 2 is 1.95 bits per heavy atom. The van der Waals surface area contributed by atoms with E-state index in [4.69, 9.17) is 5.73 Å². The fourth-order valence-corrected chi connectivity index (χ4v) is 3.30. The van der Waals surface area contributed by atoms with E-state index in [2.05, 4.69) is 9.97 Å². The van der Waals surface area contributed by atoms with E-state index in [1.807, 2.05) is 18.7 Å². The number of nitrogens with zero attached hydrogens (tertiary/aromatic N) is 3. The lowest BCUT2D eigenvalue weighted by Gasteiger charge is -2.23. The molecule has 20 heavy (non-hydrogen) atoms. The van der Waals surface area contributed by atoms with Gasteiger partial charge >= 0.3 is 0 Å². The van der Waals surface area contributed by atoms with E-state index >= 15 is 0 Å². The molecule has 0 radical (unpaired) electrons. The van der Waals surface area contributed by atoms with Gasteiger partial charge in [-0.1, -0.05) is 24.6 Å². The molecule has 1 aliphatic heterocycles. The molecule has 1 aromatic rings. The number of carbonyl (C=O) groups is 1. The molecule has 6 heteroatoms. The molecule has 1 unspecified atom stereocenters. The van der Waals surface area contributed by atoms with Crippen LogP contribution in [0.4, 0.5) is 5.82 Å². The molecule has 2 rings (SSSR count). The topological polar surface area (TPSA) is 72.1 Å². The van der Waals surface area contributed by atoms with Gasteiger partial charge < -0.3 is 10.6 Å². The summed E-state index contributed by atoms with van der Waals surface area (Å²) >= 11 is 1.39. The lowest BCUT2D eigenvalue weighted by atomic mass is 10.2. The van der Waals surface area contributed by atoms with Crippen molar-refractivity contribution in [3.8, 4) is 0 Å². The zero-order valence-electron chi connectivity index (χ0n) is 12.1. The summed E-state index contributed by atoms with van der Waals surface area (Å²) in [5, 5.41) is 0.410. The Bertz CT molecular complexity index is 452. The summed E-state index contributed by atoms with van der Waals surface area (Å²) in [6.07, 6.45) is 4.67. The van der Waals surface area contributed by atoms with Crippen LogP contribution in [0.2, 0.25) is 0 Å². The molecule has 1 amide bonds. The monoisotopic (exact) mass is 294 g/mol. The van der Waals surface area contributed by atoms with Gasteiger partial charge in [-0.05, 0) is 26.7 Å². The molecule has 2 heterocycles. The number of nitrogens with two attached hydrogens (primary N) is 1. The van der Waals surface area contributed by atoms with E-state index in [1.54, 1.807) is 6.07 Å². The van der Waals surface area contributed by atoms with Crippen LogP contribution in [0.1, 0.15) is 38.3 Å². The van der Waals surface area contributed by atoms with Gasteiger partial charge in [0.25, 0.3) is 0 Å². The number of rotatable bonds is 3. The van der Waals surface area contributed by atoms with Crippen molar-refractivity contribution in [3.05, 3.63) is 11.8 Å². The third-order valence-corrected chi connectivity index (χ3v) is 4.35. The highest BCUT2D eigenvalue weighted by Gasteiger charge is 2.23. The molecule has 1 atom stereocenters. The lowest BCUT2D eigenvalue weighted by Crippen LogP contribution is -2.37. The Balaban J connectivity index is 1.99. The van der Waals surface area contributed by atoms with E-state index in [0.717, 1.165) is 31.6 Å². The minimum Gasteiger partial charge on any atom is -0.384 e. The first kappa shape index (κ1) is 15.1. The molecule has 1 fully saturated rings. The Morgan fingerprint density at radius 1 is 1.30 bits per heavy atom. The van der Waals surface area contributed by atoms with Gasteiger partial charge in [0, 0.05) is 24.8 Å².